The number of rotatable bonds is 1. The summed E-state index contributed by atoms with van der Waals surface area (Å²) >= 11 is 0. The summed E-state index contributed by atoms with van der Waals surface area (Å²) in [5.74, 6) is -0.971. The van der Waals surface area contributed by atoms with Crippen LogP contribution >= 0.6 is 0 Å². The molecule has 1 atom stereocenters. The van der Waals surface area contributed by atoms with E-state index in [0.29, 0.717) is 23.4 Å². The second-order valence-corrected chi connectivity index (χ2v) is 6.85. The second kappa shape index (κ2) is 5.83. The first-order valence-electron chi connectivity index (χ1n) is 8.39. The first-order chi connectivity index (χ1) is 12.7. The minimum atomic E-state index is -4.60. The van der Waals surface area contributed by atoms with Crippen LogP contribution in [0.4, 0.5) is 17.6 Å². The third kappa shape index (κ3) is 2.77. The lowest BCUT2D eigenvalue weighted by Gasteiger charge is -2.33. The van der Waals surface area contributed by atoms with E-state index in [4.69, 9.17) is 0 Å². The van der Waals surface area contributed by atoms with E-state index in [0.717, 1.165) is 16.8 Å². The molecular weight excluding hydrogens is 364 g/mol. The van der Waals surface area contributed by atoms with E-state index in [9.17, 15) is 22.4 Å². The number of aromatic nitrogens is 3. The summed E-state index contributed by atoms with van der Waals surface area (Å²) in [6.45, 7) is 3.82. The summed E-state index contributed by atoms with van der Waals surface area (Å²) in [5.41, 5.74) is 1.53. The number of fused-ring (bicyclic) bond motifs is 3. The molecule has 0 aliphatic carbocycles. The van der Waals surface area contributed by atoms with Crippen molar-refractivity contribution in [3.8, 4) is 0 Å². The summed E-state index contributed by atoms with van der Waals surface area (Å²) in [6.07, 6.45) is -4.15. The van der Waals surface area contributed by atoms with Crippen molar-refractivity contribution in [3.63, 3.8) is 0 Å². The van der Waals surface area contributed by atoms with Gasteiger partial charge in [0.25, 0.3) is 5.91 Å². The first-order valence-corrected chi connectivity index (χ1v) is 8.39. The van der Waals surface area contributed by atoms with Gasteiger partial charge < -0.3 is 9.88 Å². The van der Waals surface area contributed by atoms with Crippen molar-refractivity contribution in [2.24, 2.45) is 0 Å². The van der Waals surface area contributed by atoms with Crippen molar-refractivity contribution in [2.45, 2.75) is 39.0 Å². The van der Waals surface area contributed by atoms with Gasteiger partial charge in [-0.25, -0.2) is 4.39 Å². The van der Waals surface area contributed by atoms with E-state index < -0.39 is 17.8 Å². The second-order valence-electron chi connectivity index (χ2n) is 6.85. The number of H-pyrrole nitrogens is 2. The molecule has 2 N–H and O–H groups in total. The first kappa shape index (κ1) is 17.6. The van der Waals surface area contributed by atoms with Crippen LogP contribution in [0.5, 0.6) is 0 Å². The molecule has 9 heteroatoms. The van der Waals surface area contributed by atoms with E-state index in [2.05, 4.69) is 10.1 Å². The van der Waals surface area contributed by atoms with Crippen molar-refractivity contribution in [1.82, 2.24) is 20.1 Å². The molecule has 5 nitrogen and oxygen atoms in total. The van der Waals surface area contributed by atoms with Crippen LogP contribution < -0.4 is 0 Å². The topological polar surface area (TPSA) is 64.8 Å². The Morgan fingerprint density at radius 3 is 2.74 bits per heavy atom. The number of aromatic amines is 2. The molecule has 0 radical (unpaired) electrons. The molecule has 0 unspecified atom stereocenters. The van der Waals surface area contributed by atoms with Crippen LogP contribution in [0.1, 0.15) is 39.9 Å². The van der Waals surface area contributed by atoms with E-state index in [1.165, 1.54) is 11.0 Å². The van der Waals surface area contributed by atoms with E-state index in [-0.39, 0.29) is 24.1 Å². The lowest BCUT2D eigenvalue weighted by Crippen LogP contribution is -2.42. The number of carbonyl (C=O) groups is 1. The number of hydrogen-bond acceptors (Lipinski definition) is 2. The van der Waals surface area contributed by atoms with Crippen molar-refractivity contribution in [1.29, 1.82) is 0 Å². The summed E-state index contributed by atoms with van der Waals surface area (Å²) in [7, 11) is 0. The number of nitrogens with zero attached hydrogens (tertiary/aromatic N) is 2. The fourth-order valence-corrected chi connectivity index (χ4v) is 3.65. The van der Waals surface area contributed by atoms with Gasteiger partial charge in [0.1, 0.15) is 11.5 Å². The normalized spacial score (nSPS) is 17.4. The molecule has 3 heterocycles. The lowest BCUT2D eigenvalue weighted by molar-refractivity contribution is -0.141. The quantitative estimate of drug-likeness (QED) is 0.628. The molecule has 4 rings (SSSR count). The Balaban J connectivity index is 1.72. The zero-order valence-electron chi connectivity index (χ0n) is 14.5. The summed E-state index contributed by atoms with van der Waals surface area (Å²) in [6, 6.07) is 3.49. The lowest BCUT2D eigenvalue weighted by atomic mass is 9.97. The molecule has 0 spiro atoms. The number of aryl methyl sites for hydroxylation is 1. The molecule has 1 aromatic carbocycles. The van der Waals surface area contributed by atoms with Crippen LogP contribution in [0.2, 0.25) is 0 Å². The van der Waals surface area contributed by atoms with E-state index >= 15 is 0 Å². The highest BCUT2D eigenvalue weighted by atomic mass is 19.4. The maximum absolute atomic E-state index is 14.2. The number of hydrogen-bond donors (Lipinski definition) is 2. The van der Waals surface area contributed by atoms with Gasteiger partial charge in [-0.3, -0.25) is 9.89 Å². The predicted molar refractivity (Wildman–Crippen MR) is 89.6 cm³/mol. The van der Waals surface area contributed by atoms with Crippen LogP contribution in [-0.2, 0) is 19.1 Å². The summed E-state index contributed by atoms with van der Waals surface area (Å²) in [5, 5.41) is 6.10. The van der Waals surface area contributed by atoms with Gasteiger partial charge in [-0.1, -0.05) is 6.07 Å². The Bertz CT molecular complexity index is 1050. The van der Waals surface area contributed by atoms with Crippen LogP contribution in [0.3, 0.4) is 0 Å². The Hall–Kier alpha value is -2.84. The van der Waals surface area contributed by atoms with Crippen molar-refractivity contribution in [2.75, 3.05) is 0 Å². The Labute approximate surface area is 151 Å². The SMILES string of the molecule is Cc1ccc(F)c2[nH]c3c(c12)CN(C(=O)c1cc(C(F)(F)F)[nH]n1)[C@H](C)C3. The Morgan fingerprint density at radius 1 is 1.33 bits per heavy atom. The van der Waals surface area contributed by atoms with Crippen LogP contribution in [0, 0.1) is 12.7 Å². The van der Waals surface area contributed by atoms with Gasteiger partial charge in [-0.2, -0.15) is 18.3 Å². The van der Waals surface area contributed by atoms with E-state index in [1.54, 1.807) is 13.0 Å². The zero-order valence-corrected chi connectivity index (χ0v) is 14.5. The minimum absolute atomic E-state index is 0.174. The smallest absolute Gasteiger partial charge is 0.356 e. The average molecular weight is 380 g/mol. The maximum atomic E-state index is 14.2. The number of carbonyl (C=O) groups excluding carboxylic acids is 1. The third-order valence-corrected chi connectivity index (χ3v) is 5.03. The minimum Gasteiger partial charge on any atom is -0.356 e. The van der Waals surface area contributed by atoms with Crippen LogP contribution in [0.25, 0.3) is 10.9 Å². The average Bonchev–Trinajstić information content (AvgIpc) is 3.22. The molecule has 0 bridgehead atoms. The molecule has 3 aromatic rings. The fourth-order valence-electron chi connectivity index (χ4n) is 3.65. The van der Waals surface area contributed by atoms with Crippen molar-refractivity contribution in [3.05, 3.63) is 52.2 Å². The Morgan fingerprint density at radius 2 is 2.07 bits per heavy atom. The molecule has 1 aliphatic rings. The van der Waals surface area contributed by atoms with Gasteiger partial charge in [-0.05, 0) is 25.5 Å². The summed E-state index contributed by atoms with van der Waals surface area (Å²) in [4.78, 5) is 17.3. The molecule has 1 aliphatic heterocycles. The van der Waals surface area contributed by atoms with Gasteiger partial charge in [-0.15, -0.1) is 0 Å². The molecule has 0 saturated carbocycles. The van der Waals surface area contributed by atoms with Crippen LogP contribution in [-0.4, -0.2) is 32.0 Å². The standard InChI is InChI=1S/C18H16F4N4O/c1-8-3-4-11(19)16-15(8)10-7-26(9(2)5-12(10)23-16)17(27)13-6-14(25-24-13)18(20,21)22/h3-4,6,9,23H,5,7H2,1-2H3,(H,24,25)/t9-/m1/s1. The molecular formula is C18H16F4N4O. The summed E-state index contributed by atoms with van der Waals surface area (Å²) < 4.78 is 52.4. The highest BCUT2D eigenvalue weighted by Gasteiger charge is 2.36. The van der Waals surface area contributed by atoms with Crippen molar-refractivity contribution < 1.29 is 22.4 Å². The molecule has 2 aromatic heterocycles. The highest BCUT2D eigenvalue weighted by Crippen LogP contribution is 2.34. The van der Waals surface area contributed by atoms with E-state index in [1.807, 2.05) is 12.0 Å². The maximum Gasteiger partial charge on any atom is 0.432 e. The number of halogens is 4. The van der Waals surface area contributed by atoms with Crippen molar-refractivity contribution >= 4 is 16.8 Å². The number of alkyl halides is 3. The van der Waals surface area contributed by atoms with Gasteiger partial charge in [0.05, 0.1) is 5.52 Å². The van der Waals surface area contributed by atoms with Gasteiger partial charge in [0.2, 0.25) is 0 Å². The molecule has 27 heavy (non-hydrogen) atoms. The molecule has 142 valence electrons. The van der Waals surface area contributed by atoms with Crippen LogP contribution in [0.15, 0.2) is 18.2 Å². The molecule has 1 amide bonds. The number of nitrogens with one attached hydrogen (secondary N) is 2. The van der Waals surface area contributed by atoms with Gasteiger partial charge in [0.15, 0.2) is 5.69 Å². The van der Waals surface area contributed by atoms with Gasteiger partial charge in [0, 0.05) is 41.7 Å². The monoisotopic (exact) mass is 380 g/mol. The van der Waals surface area contributed by atoms with Gasteiger partial charge >= 0.3 is 6.18 Å². The fraction of sp³-hybridized carbons (Fsp3) is 0.333. The number of amides is 1. The highest BCUT2D eigenvalue weighted by molar-refractivity contribution is 5.94. The zero-order chi connectivity index (χ0) is 19.5. The third-order valence-electron chi connectivity index (χ3n) is 5.03. The largest absolute Gasteiger partial charge is 0.432 e. The molecule has 0 saturated heterocycles. The predicted octanol–water partition coefficient (Wildman–Crippen LogP) is 3.94. The number of benzene rings is 1. The molecule has 0 fully saturated rings. The Kier molecular flexibility index (Phi) is 3.79.